The first-order chi connectivity index (χ1) is 6.56. The van der Waals surface area contributed by atoms with Crippen LogP contribution >= 0.6 is 23.2 Å². The second-order valence-corrected chi connectivity index (χ2v) is 3.39. The van der Waals surface area contributed by atoms with Gasteiger partial charge in [-0.25, -0.2) is 4.79 Å². The molecule has 1 rings (SSSR count). The first-order valence-corrected chi connectivity index (χ1v) is 4.73. The molecule has 2 N–H and O–H groups in total. The van der Waals surface area contributed by atoms with Crippen molar-refractivity contribution in [3.8, 4) is 0 Å². The fourth-order valence-corrected chi connectivity index (χ4v) is 1.40. The molecule has 0 atom stereocenters. The summed E-state index contributed by atoms with van der Waals surface area (Å²) in [5.74, 6) is -0.462. The minimum absolute atomic E-state index is 0.251. The van der Waals surface area contributed by atoms with Gasteiger partial charge in [-0.3, -0.25) is 0 Å². The number of ether oxygens (including phenoxy) is 1. The summed E-state index contributed by atoms with van der Waals surface area (Å²) in [4.78, 5) is 11.3. The monoisotopic (exact) mass is 233 g/mol. The van der Waals surface area contributed by atoms with Crippen molar-refractivity contribution in [3.05, 3.63) is 27.7 Å². The van der Waals surface area contributed by atoms with Crippen molar-refractivity contribution in [2.24, 2.45) is 0 Å². The van der Waals surface area contributed by atoms with Crippen molar-refractivity contribution in [3.63, 3.8) is 0 Å². The average Bonchev–Trinajstić information content (AvgIpc) is 2.13. The Morgan fingerprint density at radius 1 is 1.43 bits per heavy atom. The lowest BCUT2D eigenvalue weighted by molar-refractivity contribution is 0.0526. The van der Waals surface area contributed by atoms with Gasteiger partial charge < -0.3 is 10.5 Å². The molecule has 14 heavy (non-hydrogen) atoms. The Hall–Kier alpha value is -0.930. The van der Waals surface area contributed by atoms with Crippen molar-refractivity contribution in [1.82, 2.24) is 0 Å². The third-order valence-electron chi connectivity index (χ3n) is 1.59. The van der Waals surface area contributed by atoms with Gasteiger partial charge >= 0.3 is 5.97 Å². The first kappa shape index (κ1) is 11.1. The van der Waals surface area contributed by atoms with E-state index in [0.29, 0.717) is 12.2 Å². The Bertz CT molecular complexity index is 343. The average molecular weight is 234 g/mol. The van der Waals surface area contributed by atoms with Crippen LogP contribution in [0.3, 0.4) is 0 Å². The number of rotatable bonds is 2. The largest absolute Gasteiger partial charge is 0.462 e. The Labute approximate surface area is 91.7 Å². The van der Waals surface area contributed by atoms with E-state index in [1.165, 1.54) is 12.1 Å². The number of carbonyl (C=O) groups is 1. The van der Waals surface area contributed by atoms with Crippen LogP contribution in [0.5, 0.6) is 0 Å². The van der Waals surface area contributed by atoms with Crippen LogP contribution < -0.4 is 5.73 Å². The summed E-state index contributed by atoms with van der Waals surface area (Å²) in [6.07, 6.45) is 0. The van der Waals surface area contributed by atoms with Crippen molar-refractivity contribution < 1.29 is 9.53 Å². The highest BCUT2D eigenvalue weighted by atomic mass is 35.5. The lowest BCUT2D eigenvalue weighted by Crippen LogP contribution is -2.05. The number of hydrogen-bond donors (Lipinski definition) is 1. The summed E-state index contributed by atoms with van der Waals surface area (Å²) in [6, 6.07) is 2.86. The first-order valence-electron chi connectivity index (χ1n) is 3.98. The SMILES string of the molecule is CCOC(=O)c1cc(Cl)c(N)c(Cl)c1. The van der Waals surface area contributed by atoms with Crippen molar-refractivity contribution in [2.45, 2.75) is 6.92 Å². The maximum Gasteiger partial charge on any atom is 0.338 e. The molecule has 0 aliphatic heterocycles. The molecule has 1 aromatic rings. The molecule has 1 aromatic carbocycles. The number of carbonyl (C=O) groups excluding carboxylic acids is 1. The fraction of sp³-hybridized carbons (Fsp3) is 0.222. The van der Waals surface area contributed by atoms with Gasteiger partial charge in [0.1, 0.15) is 0 Å². The van der Waals surface area contributed by atoms with Crippen LogP contribution in [-0.2, 0) is 4.74 Å². The van der Waals surface area contributed by atoms with Gasteiger partial charge in [0.2, 0.25) is 0 Å². The molecule has 0 amide bonds. The van der Waals surface area contributed by atoms with E-state index in [4.69, 9.17) is 33.7 Å². The summed E-state index contributed by atoms with van der Waals surface area (Å²) < 4.78 is 4.78. The molecule has 0 spiro atoms. The van der Waals surface area contributed by atoms with E-state index in [2.05, 4.69) is 0 Å². The third kappa shape index (κ3) is 2.30. The quantitative estimate of drug-likeness (QED) is 0.632. The predicted octanol–water partition coefficient (Wildman–Crippen LogP) is 2.75. The molecule has 76 valence electrons. The van der Waals surface area contributed by atoms with Crippen LogP contribution in [0.1, 0.15) is 17.3 Å². The number of hydrogen-bond acceptors (Lipinski definition) is 3. The standard InChI is InChI=1S/C9H9Cl2NO2/c1-2-14-9(13)5-3-6(10)8(12)7(11)4-5/h3-4H,2,12H2,1H3. The van der Waals surface area contributed by atoms with Gasteiger partial charge in [0.15, 0.2) is 0 Å². The molecule has 0 bridgehead atoms. The van der Waals surface area contributed by atoms with Crippen LogP contribution in [0.25, 0.3) is 0 Å². The van der Waals surface area contributed by atoms with Gasteiger partial charge in [0.25, 0.3) is 0 Å². The van der Waals surface area contributed by atoms with Crippen molar-refractivity contribution >= 4 is 34.9 Å². The van der Waals surface area contributed by atoms with E-state index in [9.17, 15) is 4.79 Å². The van der Waals surface area contributed by atoms with E-state index >= 15 is 0 Å². The van der Waals surface area contributed by atoms with Crippen LogP contribution in [0, 0.1) is 0 Å². The molecule has 5 heteroatoms. The molecule has 0 aliphatic rings. The predicted molar refractivity (Wildman–Crippen MR) is 56.8 cm³/mol. The van der Waals surface area contributed by atoms with Crippen molar-refractivity contribution in [1.29, 1.82) is 0 Å². The minimum atomic E-state index is -0.462. The zero-order valence-corrected chi connectivity index (χ0v) is 9.02. The molecule has 0 saturated heterocycles. The highest BCUT2D eigenvalue weighted by Crippen LogP contribution is 2.28. The number of nitrogen functional groups attached to an aromatic ring is 1. The lowest BCUT2D eigenvalue weighted by atomic mass is 10.2. The van der Waals surface area contributed by atoms with E-state index in [1.807, 2.05) is 0 Å². The second kappa shape index (κ2) is 4.53. The molecule has 0 aromatic heterocycles. The van der Waals surface area contributed by atoms with E-state index in [-0.39, 0.29) is 15.7 Å². The van der Waals surface area contributed by atoms with Gasteiger partial charge in [-0.05, 0) is 19.1 Å². The van der Waals surface area contributed by atoms with Gasteiger partial charge in [-0.15, -0.1) is 0 Å². The van der Waals surface area contributed by atoms with Crippen molar-refractivity contribution in [2.75, 3.05) is 12.3 Å². The van der Waals surface area contributed by atoms with E-state index < -0.39 is 5.97 Å². The maximum atomic E-state index is 11.3. The van der Waals surface area contributed by atoms with Gasteiger partial charge in [-0.2, -0.15) is 0 Å². The van der Waals surface area contributed by atoms with Gasteiger partial charge in [0.05, 0.1) is 27.9 Å². The molecule has 0 saturated carbocycles. The zero-order chi connectivity index (χ0) is 10.7. The second-order valence-electron chi connectivity index (χ2n) is 2.57. The molecular formula is C9H9Cl2NO2. The van der Waals surface area contributed by atoms with Crippen LogP contribution in [0.2, 0.25) is 10.0 Å². The summed E-state index contributed by atoms with van der Waals surface area (Å²) in [7, 11) is 0. The molecule has 0 aliphatic carbocycles. The molecule has 0 radical (unpaired) electrons. The lowest BCUT2D eigenvalue weighted by Gasteiger charge is -2.05. The van der Waals surface area contributed by atoms with Crippen LogP contribution in [0.4, 0.5) is 5.69 Å². The Kier molecular flexibility index (Phi) is 3.61. The van der Waals surface area contributed by atoms with Crippen LogP contribution in [0.15, 0.2) is 12.1 Å². The number of benzene rings is 1. The molecule has 3 nitrogen and oxygen atoms in total. The van der Waals surface area contributed by atoms with Gasteiger partial charge in [0, 0.05) is 0 Å². The number of nitrogens with two attached hydrogens (primary N) is 1. The highest BCUT2D eigenvalue weighted by molar-refractivity contribution is 6.39. The third-order valence-corrected chi connectivity index (χ3v) is 2.22. The summed E-state index contributed by atoms with van der Waals surface area (Å²) >= 11 is 11.5. The van der Waals surface area contributed by atoms with E-state index in [0.717, 1.165) is 0 Å². The normalized spacial score (nSPS) is 9.93. The Morgan fingerprint density at radius 3 is 2.36 bits per heavy atom. The topological polar surface area (TPSA) is 52.3 Å². The van der Waals surface area contributed by atoms with Crippen LogP contribution in [-0.4, -0.2) is 12.6 Å². The summed E-state index contributed by atoms with van der Waals surface area (Å²) in [5, 5.41) is 0.501. The summed E-state index contributed by atoms with van der Waals surface area (Å²) in [5.41, 5.74) is 6.08. The smallest absolute Gasteiger partial charge is 0.338 e. The number of esters is 1. The van der Waals surface area contributed by atoms with Gasteiger partial charge in [-0.1, -0.05) is 23.2 Å². The van der Waals surface area contributed by atoms with E-state index in [1.54, 1.807) is 6.92 Å². The molecular weight excluding hydrogens is 225 g/mol. The zero-order valence-electron chi connectivity index (χ0n) is 7.51. The molecule has 0 unspecified atom stereocenters. The molecule has 0 fully saturated rings. The number of anilines is 1. The Balaban J connectivity index is 3.06. The minimum Gasteiger partial charge on any atom is -0.462 e. The number of halogens is 2. The summed E-state index contributed by atoms with van der Waals surface area (Å²) in [6.45, 7) is 2.02. The highest BCUT2D eigenvalue weighted by Gasteiger charge is 2.11. The fourth-order valence-electron chi connectivity index (χ4n) is 0.917. The molecule has 0 heterocycles. The maximum absolute atomic E-state index is 11.3. The Morgan fingerprint density at radius 2 is 1.93 bits per heavy atom.